The summed E-state index contributed by atoms with van der Waals surface area (Å²) in [5.74, 6) is -0.755. The van der Waals surface area contributed by atoms with Gasteiger partial charge in [0.25, 0.3) is 0 Å². The first-order valence-corrected chi connectivity index (χ1v) is 8.73. The van der Waals surface area contributed by atoms with E-state index >= 15 is 0 Å². The number of ether oxygens (including phenoxy) is 1. The summed E-state index contributed by atoms with van der Waals surface area (Å²) in [5, 5.41) is 11.0. The maximum Gasteiger partial charge on any atom is 1.00 e. The van der Waals surface area contributed by atoms with Gasteiger partial charge in [0.05, 0.1) is 18.0 Å². The Morgan fingerprint density at radius 2 is 1.68 bits per heavy atom. The van der Waals surface area contributed by atoms with Gasteiger partial charge in [-0.15, -0.1) is 0 Å². The van der Waals surface area contributed by atoms with Crippen LogP contribution in [0.2, 0.25) is 0 Å². The number of aryl methyl sites for hydroxylation is 1. The van der Waals surface area contributed by atoms with Gasteiger partial charge in [-0.1, -0.05) is 29.8 Å². The van der Waals surface area contributed by atoms with Crippen molar-refractivity contribution in [2.24, 2.45) is 0 Å². The van der Waals surface area contributed by atoms with Gasteiger partial charge in [0, 0.05) is 12.4 Å². The van der Waals surface area contributed by atoms with Crippen molar-refractivity contribution in [1.29, 1.82) is 0 Å². The standard InChI is InChI=1S/C17H19NO5S.Na/c1-12-3-9-15(10-4-12)24(21,22)18-16(11-17(19)20)13-5-7-14(23-2)8-6-13;/h3-10,16,18H,11H2,1-2H3,(H,19,20);/q;+1/p-1. The molecule has 0 heterocycles. The van der Waals surface area contributed by atoms with Gasteiger partial charge in [-0.3, -0.25) is 0 Å². The molecule has 8 heteroatoms. The van der Waals surface area contributed by atoms with Crippen molar-refractivity contribution in [1.82, 2.24) is 4.72 Å². The molecular weight excluding hydrogens is 353 g/mol. The molecule has 25 heavy (non-hydrogen) atoms. The number of carboxylic acids is 1. The van der Waals surface area contributed by atoms with Crippen LogP contribution in [0.5, 0.6) is 5.75 Å². The molecule has 6 nitrogen and oxygen atoms in total. The van der Waals surface area contributed by atoms with Crippen LogP contribution in [0.25, 0.3) is 0 Å². The second-order valence-electron chi connectivity index (χ2n) is 5.34. The summed E-state index contributed by atoms with van der Waals surface area (Å²) in [6.45, 7) is 1.85. The number of methoxy groups -OCH3 is 1. The van der Waals surface area contributed by atoms with Gasteiger partial charge in [-0.2, -0.15) is 0 Å². The first kappa shape index (κ1) is 21.7. The Balaban J connectivity index is 0.00000312. The number of aliphatic carboxylic acids is 1. The van der Waals surface area contributed by atoms with Crippen molar-refractivity contribution in [3.8, 4) is 5.75 Å². The molecule has 0 aromatic heterocycles. The Morgan fingerprint density at radius 1 is 1.12 bits per heavy atom. The quantitative estimate of drug-likeness (QED) is 0.578. The number of carbonyl (C=O) groups excluding carboxylic acids is 1. The van der Waals surface area contributed by atoms with Gasteiger partial charge in [-0.05, 0) is 36.8 Å². The monoisotopic (exact) mass is 371 g/mol. The maximum absolute atomic E-state index is 12.5. The molecular formula is C17H18NNaO5S. The summed E-state index contributed by atoms with van der Waals surface area (Å²) >= 11 is 0. The molecule has 0 saturated heterocycles. The van der Waals surface area contributed by atoms with Crippen molar-refractivity contribution >= 4 is 16.0 Å². The molecule has 1 unspecified atom stereocenters. The summed E-state index contributed by atoms with van der Waals surface area (Å²) in [7, 11) is -2.35. The third-order valence-corrected chi connectivity index (χ3v) is 5.01. The molecule has 0 aliphatic carbocycles. The third kappa shape index (κ3) is 6.13. The zero-order valence-corrected chi connectivity index (χ0v) is 17.2. The van der Waals surface area contributed by atoms with Crippen LogP contribution in [0.3, 0.4) is 0 Å². The summed E-state index contributed by atoms with van der Waals surface area (Å²) in [6.07, 6.45) is -0.475. The molecule has 0 bridgehead atoms. The number of rotatable bonds is 7. The molecule has 0 aliphatic heterocycles. The van der Waals surface area contributed by atoms with Gasteiger partial charge >= 0.3 is 29.6 Å². The number of hydrogen-bond acceptors (Lipinski definition) is 5. The topological polar surface area (TPSA) is 95.5 Å². The number of nitrogens with one attached hydrogen (secondary N) is 1. The van der Waals surface area contributed by atoms with Crippen molar-refractivity contribution < 1.29 is 52.6 Å². The average molecular weight is 371 g/mol. The Labute approximate surface area is 169 Å². The van der Waals surface area contributed by atoms with Crippen molar-refractivity contribution in [2.45, 2.75) is 24.3 Å². The smallest absolute Gasteiger partial charge is 0.550 e. The van der Waals surface area contributed by atoms with Crippen molar-refractivity contribution in [3.05, 3.63) is 59.7 Å². The summed E-state index contributed by atoms with van der Waals surface area (Å²) in [4.78, 5) is 11.1. The molecule has 0 amide bonds. The summed E-state index contributed by atoms with van der Waals surface area (Å²) in [6, 6.07) is 11.9. The predicted octanol–water partition coefficient (Wildman–Crippen LogP) is -1.83. The molecule has 2 rings (SSSR count). The van der Waals surface area contributed by atoms with Crippen LogP contribution in [0.1, 0.15) is 23.6 Å². The van der Waals surface area contributed by atoms with Crippen LogP contribution >= 0.6 is 0 Å². The van der Waals surface area contributed by atoms with E-state index in [2.05, 4.69) is 4.72 Å². The number of carboxylic acid groups (broad SMARTS) is 1. The van der Waals surface area contributed by atoms with E-state index in [0.717, 1.165) is 5.56 Å². The van der Waals surface area contributed by atoms with E-state index in [9.17, 15) is 18.3 Å². The zero-order valence-electron chi connectivity index (χ0n) is 14.4. The first-order chi connectivity index (χ1) is 11.3. The minimum absolute atomic E-state index is 0. The molecule has 0 aliphatic rings. The van der Waals surface area contributed by atoms with Crippen LogP contribution in [-0.4, -0.2) is 21.5 Å². The van der Waals surface area contributed by atoms with Gasteiger partial charge in [-0.25, -0.2) is 13.1 Å². The van der Waals surface area contributed by atoms with E-state index in [1.54, 1.807) is 36.4 Å². The Bertz CT molecular complexity index is 804. The van der Waals surface area contributed by atoms with Gasteiger partial charge in [0.2, 0.25) is 10.0 Å². The van der Waals surface area contributed by atoms with Crippen molar-refractivity contribution in [2.75, 3.05) is 7.11 Å². The van der Waals surface area contributed by atoms with Gasteiger partial charge < -0.3 is 14.6 Å². The normalized spacial score (nSPS) is 12.1. The molecule has 1 atom stereocenters. The molecule has 2 aromatic rings. The Kier molecular flexibility index (Phi) is 8.11. The molecule has 0 saturated carbocycles. The SMILES string of the molecule is COc1ccc(C(CC(=O)[O-])NS(=O)(=O)c2ccc(C)cc2)cc1.[Na+]. The number of carbonyl (C=O) groups is 1. The third-order valence-electron chi connectivity index (χ3n) is 3.52. The minimum Gasteiger partial charge on any atom is -0.550 e. The van der Waals surface area contributed by atoms with Crippen molar-refractivity contribution in [3.63, 3.8) is 0 Å². The number of benzene rings is 2. The molecule has 2 aromatic carbocycles. The van der Waals surface area contributed by atoms with Gasteiger partial charge in [0.15, 0.2) is 0 Å². The van der Waals surface area contributed by atoms with Crippen LogP contribution < -0.4 is 44.1 Å². The van der Waals surface area contributed by atoms with Crippen LogP contribution in [-0.2, 0) is 14.8 Å². The van der Waals surface area contributed by atoms with E-state index in [-0.39, 0.29) is 34.5 Å². The van der Waals surface area contributed by atoms with Crippen LogP contribution in [0, 0.1) is 6.92 Å². The predicted molar refractivity (Wildman–Crippen MR) is 86.9 cm³/mol. The molecule has 0 fully saturated rings. The molecule has 1 N–H and O–H groups in total. The molecule has 0 spiro atoms. The maximum atomic E-state index is 12.5. The van der Waals surface area contributed by atoms with E-state index in [1.807, 2.05) is 6.92 Å². The first-order valence-electron chi connectivity index (χ1n) is 7.24. The van der Waals surface area contributed by atoms with E-state index < -0.39 is 28.5 Å². The second-order valence-corrected chi connectivity index (χ2v) is 7.05. The summed E-state index contributed by atoms with van der Waals surface area (Å²) in [5.41, 5.74) is 1.44. The Hall–Kier alpha value is -1.38. The zero-order chi connectivity index (χ0) is 17.7. The fourth-order valence-corrected chi connectivity index (χ4v) is 3.43. The fraction of sp³-hybridized carbons (Fsp3) is 0.235. The van der Waals surface area contributed by atoms with E-state index in [1.165, 1.54) is 19.2 Å². The van der Waals surface area contributed by atoms with Gasteiger partial charge in [0.1, 0.15) is 5.75 Å². The number of hydrogen-bond donors (Lipinski definition) is 1. The largest absolute Gasteiger partial charge is 1.00 e. The van der Waals surface area contributed by atoms with E-state index in [4.69, 9.17) is 4.74 Å². The summed E-state index contributed by atoms with van der Waals surface area (Å²) < 4.78 is 32.4. The second kappa shape index (κ2) is 9.35. The van der Waals surface area contributed by atoms with Crippen LogP contribution in [0.15, 0.2) is 53.4 Å². The molecule has 128 valence electrons. The molecule has 0 radical (unpaired) electrons. The fourth-order valence-electron chi connectivity index (χ4n) is 2.20. The number of sulfonamides is 1. The Morgan fingerprint density at radius 3 is 2.16 bits per heavy atom. The minimum atomic E-state index is -3.86. The van der Waals surface area contributed by atoms with E-state index in [0.29, 0.717) is 11.3 Å². The average Bonchev–Trinajstić information content (AvgIpc) is 2.54. The van der Waals surface area contributed by atoms with Crippen LogP contribution in [0.4, 0.5) is 0 Å².